The predicted octanol–water partition coefficient (Wildman–Crippen LogP) is 1.85. The first-order valence-electron chi connectivity index (χ1n) is 5.45. The normalized spacial score (nSPS) is 14.9. The molecule has 1 atom stereocenters. The number of allylic oxidation sites excluding steroid dienone is 1. The van der Waals surface area contributed by atoms with Gasteiger partial charge in [0.1, 0.15) is 0 Å². The van der Waals surface area contributed by atoms with Gasteiger partial charge in [0.25, 0.3) is 0 Å². The maximum atomic E-state index is 10.8. The molecule has 3 nitrogen and oxygen atoms in total. The largest absolute Gasteiger partial charge is 0.355 e. The molecule has 0 rings (SSSR count). The first-order chi connectivity index (χ1) is 6.79. The van der Waals surface area contributed by atoms with E-state index >= 15 is 0 Å². The second kappa shape index (κ2) is 5.91. The van der Waals surface area contributed by atoms with Gasteiger partial charge in [-0.05, 0) is 34.6 Å². The highest BCUT2D eigenvalue weighted by Gasteiger charge is 2.21. The summed E-state index contributed by atoms with van der Waals surface area (Å²) in [5.74, 6) is 0.0178. The Morgan fingerprint density at radius 1 is 1.40 bits per heavy atom. The van der Waals surface area contributed by atoms with Crippen LogP contribution in [0.25, 0.3) is 0 Å². The molecular formula is C12H24N2O. The highest BCUT2D eigenvalue weighted by molar-refractivity contribution is 5.72. The maximum absolute atomic E-state index is 10.8. The van der Waals surface area contributed by atoms with Crippen molar-refractivity contribution in [3.8, 4) is 0 Å². The van der Waals surface area contributed by atoms with Crippen LogP contribution in [0.5, 0.6) is 0 Å². The highest BCUT2D eigenvalue weighted by Crippen LogP contribution is 2.15. The standard InChI is InChI=1S/C12H24N2O/c1-7-9(2)12(5,6)14-10(3)8-13-11(4)15/h7,10,14H,8H2,1-6H3,(H,13,15)/b9-7-/t10-/m0/s1. The van der Waals surface area contributed by atoms with Crippen LogP contribution in [0.3, 0.4) is 0 Å². The van der Waals surface area contributed by atoms with Gasteiger partial charge in [-0.15, -0.1) is 0 Å². The summed E-state index contributed by atoms with van der Waals surface area (Å²) in [4.78, 5) is 10.8. The molecule has 1 amide bonds. The van der Waals surface area contributed by atoms with Crippen LogP contribution in [0, 0.1) is 0 Å². The molecule has 0 heterocycles. The van der Waals surface area contributed by atoms with Crippen LogP contribution in [-0.2, 0) is 4.79 Å². The number of hydrogen-bond acceptors (Lipinski definition) is 2. The summed E-state index contributed by atoms with van der Waals surface area (Å²) in [7, 11) is 0. The second-order valence-corrected chi connectivity index (χ2v) is 4.58. The smallest absolute Gasteiger partial charge is 0.216 e. The lowest BCUT2D eigenvalue weighted by Gasteiger charge is -2.31. The van der Waals surface area contributed by atoms with E-state index in [1.54, 1.807) is 0 Å². The molecule has 0 aliphatic heterocycles. The molecule has 0 aromatic carbocycles. The maximum Gasteiger partial charge on any atom is 0.216 e. The van der Waals surface area contributed by atoms with Gasteiger partial charge in [0, 0.05) is 25.0 Å². The second-order valence-electron chi connectivity index (χ2n) is 4.58. The zero-order chi connectivity index (χ0) is 12.1. The molecule has 0 aromatic heterocycles. The van der Waals surface area contributed by atoms with Crippen LogP contribution in [0.4, 0.5) is 0 Å². The van der Waals surface area contributed by atoms with Gasteiger partial charge >= 0.3 is 0 Å². The molecule has 0 aliphatic carbocycles. The minimum Gasteiger partial charge on any atom is -0.355 e. The lowest BCUT2D eigenvalue weighted by atomic mass is 9.94. The molecule has 0 saturated carbocycles. The van der Waals surface area contributed by atoms with Crippen molar-refractivity contribution in [2.45, 2.75) is 53.1 Å². The van der Waals surface area contributed by atoms with Gasteiger partial charge in [0.05, 0.1) is 0 Å². The number of hydrogen-bond donors (Lipinski definition) is 2. The van der Waals surface area contributed by atoms with Crippen molar-refractivity contribution in [1.82, 2.24) is 10.6 Å². The van der Waals surface area contributed by atoms with Crippen LogP contribution in [0.15, 0.2) is 11.6 Å². The Hall–Kier alpha value is -0.830. The Bertz CT molecular complexity index is 244. The zero-order valence-electron chi connectivity index (χ0n) is 10.8. The van der Waals surface area contributed by atoms with E-state index < -0.39 is 0 Å². The van der Waals surface area contributed by atoms with Crippen molar-refractivity contribution in [3.05, 3.63) is 11.6 Å². The molecule has 0 unspecified atom stereocenters. The molecule has 2 N–H and O–H groups in total. The molecular weight excluding hydrogens is 188 g/mol. The van der Waals surface area contributed by atoms with Crippen LogP contribution < -0.4 is 10.6 Å². The summed E-state index contributed by atoms with van der Waals surface area (Å²) >= 11 is 0. The van der Waals surface area contributed by atoms with Crippen molar-refractivity contribution >= 4 is 5.91 Å². The Morgan fingerprint density at radius 3 is 2.33 bits per heavy atom. The number of carbonyl (C=O) groups excluding carboxylic acids is 1. The monoisotopic (exact) mass is 212 g/mol. The Kier molecular flexibility index (Phi) is 5.58. The number of carbonyl (C=O) groups is 1. The first-order valence-corrected chi connectivity index (χ1v) is 5.45. The zero-order valence-corrected chi connectivity index (χ0v) is 10.8. The van der Waals surface area contributed by atoms with Gasteiger partial charge in [-0.1, -0.05) is 11.6 Å². The van der Waals surface area contributed by atoms with Crippen molar-refractivity contribution in [1.29, 1.82) is 0 Å². The summed E-state index contributed by atoms with van der Waals surface area (Å²) in [6, 6.07) is 0.263. The molecule has 88 valence electrons. The molecule has 0 radical (unpaired) electrons. The lowest BCUT2D eigenvalue weighted by molar-refractivity contribution is -0.119. The molecule has 3 heteroatoms. The molecule has 0 aromatic rings. The summed E-state index contributed by atoms with van der Waals surface area (Å²) in [6.07, 6.45) is 2.11. The van der Waals surface area contributed by atoms with E-state index in [0.717, 1.165) is 0 Å². The molecule has 0 spiro atoms. The van der Waals surface area contributed by atoms with E-state index in [-0.39, 0.29) is 17.5 Å². The summed E-state index contributed by atoms with van der Waals surface area (Å²) in [6.45, 7) is 12.7. The van der Waals surface area contributed by atoms with Crippen molar-refractivity contribution in [2.24, 2.45) is 0 Å². The Morgan fingerprint density at radius 2 is 1.93 bits per heavy atom. The number of nitrogens with one attached hydrogen (secondary N) is 2. The van der Waals surface area contributed by atoms with Crippen LogP contribution in [0.2, 0.25) is 0 Å². The van der Waals surface area contributed by atoms with Gasteiger partial charge in [-0.25, -0.2) is 0 Å². The third-order valence-electron chi connectivity index (χ3n) is 2.68. The van der Waals surface area contributed by atoms with Crippen molar-refractivity contribution in [2.75, 3.05) is 6.54 Å². The van der Waals surface area contributed by atoms with Crippen LogP contribution in [-0.4, -0.2) is 24.0 Å². The summed E-state index contributed by atoms with van der Waals surface area (Å²) in [5, 5.41) is 6.28. The fourth-order valence-electron chi connectivity index (χ4n) is 1.44. The topological polar surface area (TPSA) is 41.1 Å². The molecule has 0 saturated heterocycles. The van der Waals surface area contributed by atoms with Gasteiger partial charge in [0.2, 0.25) is 5.91 Å². The van der Waals surface area contributed by atoms with E-state index in [9.17, 15) is 4.79 Å². The lowest BCUT2D eigenvalue weighted by Crippen LogP contribution is -2.49. The van der Waals surface area contributed by atoms with E-state index in [0.29, 0.717) is 6.54 Å². The molecule has 15 heavy (non-hydrogen) atoms. The van der Waals surface area contributed by atoms with E-state index in [4.69, 9.17) is 0 Å². The fourth-order valence-corrected chi connectivity index (χ4v) is 1.44. The quantitative estimate of drug-likeness (QED) is 0.683. The predicted molar refractivity (Wildman–Crippen MR) is 64.8 cm³/mol. The molecule has 0 aliphatic rings. The van der Waals surface area contributed by atoms with Crippen molar-refractivity contribution < 1.29 is 4.79 Å². The van der Waals surface area contributed by atoms with Crippen LogP contribution >= 0.6 is 0 Å². The molecule has 0 fully saturated rings. The summed E-state index contributed by atoms with van der Waals surface area (Å²) < 4.78 is 0. The SMILES string of the molecule is C/C=C(/C)C(C)(C)N[C@@H](C)CNC(C)=O. The first kappa shape index (κ1) is 14.2. The minimum absolute atomic E-state index is 0.0178. The minimum atomic E-state index is -0.0212. The van der Waals surface area contributed by atoms with Gasteiger partial charge in [-0.3, -0.25) is 4.79 Å². The van der Waals surface area contributed by atoms with Gasteiger partial charge in [0.15, 0.2) is 0 Å². The van der Waals surface area contributed by atoms with E-state index in [1.165, 1.54) is 12.5 Å². The third-order valence-corrected chi connectivity index (χ3v) is 2.68. The van der Waals surface area contributed by atoms with Gasteiger partial charge < -0.3 is 10.6 Å². The summed E-state index contributed by atoms with van der Waals surface area (Å²) in [5.41, 5.74) is 1.28. The average Bonchev–Trinajstić information content (AvgIpc) is 2.12. The Labute approximate surface area is 93.3 Å². The third kappa shape index (κ3) is 5.57. The van der Waals surface area contributed by atoms with Crippen molar-refractivity contribution in [3.63, 3.8) is 0 Å². The van der Waals surface area contributed by atoms with E-state index in [1.807, 2.05) is 6.92 Å². The number of amides is 1. The van der Waals surface area contributed by atoms with Gasteiger partial charge in [-0.2, -0.15) is 0 Å². The fraction of sp³-hybridized carbons (Fsp3) is 0.750. The Balaban J connectivity index is 4.15. The van der Waals surface area contributed by atoms with Crippen LogP contribution in [0.1, 0.15) is 41.5 Å². The average molecular weight is 212 g/mol. The molecule has 0 bridgehead atoms. The highest BCUT2D eigenvalue weighted by atomic mass is 16.1. The van der Waals surface area contributed by atoms with E-state index in [2.05, 4.69) is 44.4 Å². The number of rotatable bonds is 5.